The molecule has 0 radical (unpaired) electrons. The fourth-order valence-corrected chi connectivity index (χ4v) is 4.43. The number of anilines is 1. The Hall–Kier alpha value is -4.29. The van der Waals surface area contributed by atoms with E-state index in [0.717, 1.165) is 25.9 Å². The number of aromatic nitrogens is 4. The predicted molar refractivity (Wildman–Crippen MR) is 140 cm³/mol. The highest BCUT2D eigenvalue weighted by molar-refractivity contribution is 6.10. The number of piperidine rings is 1. The fourth-order valence-electron chi connectivity index (χ4n) is 4.43. The van der Waals surface area contributed by atoms with Crippen LogP contribution < -0.4 is 16.2 Å². The number of nitrogens with two attached hydrogens (primary N) is 2. The summed E-state index contributed by atoms with van der Waals surface area (Å²) < 4.78 is 32.9. The normalized spacial score (nSPS) is 16.5. The average molecular weight is 528 g/mol. The number of nitrogen functional groups attached to an aromatic ring is 1. The molecule has 4 rings (SSSR count). The number of amides is 1. The van der Waals surface area contributed by atoms with E-state index in [-0.39, 0.29) is 47.2 Å². The molecule has 1 amide bonds. The van der Waals surface area contributed by atoms with Crippen molar-refractivity contribution >= 4 is 34.3 Å². The van der Waals surface area contributed by atoms with Crippen LogP contribution in [0.5, 0.6) is 5.75 Å². The summed E-state index contributed by atoms with van der Waals surface area (Å²) >= 11 is 0. The van der Waals surface area contributed by atoms with Gasteiger partial charge in [-0.2, -0.15) is 13.9 Å². The summed E-state index contributed by atoms with van der Waals surface area (Å²) in [4.78, 5) is 28.6. The van der Waals surface area contributed by atoms with Gasteiger partial charge in [0.25, 0.3) is 0 Å². The highest BCUT2D eigenvalue weighted by atomic mass is 19.3. The van der Waals surface area contributed by atoms with Gasteiger partial charge in [0.15, 0.2) is 17.2 Å². The van der Waals surface area contributed by atoms with Gasteiger partial charge >= 0.3 is 6.61 Å². The smallest absolute Gasteiger partial charge is 0.387 e. The van der Waals surface area contributed by atoms with Gasteiger partial charge in [0.05, 0.1) is 17.8 Å². The Bertz CT molecular complexity index is 1370. The summed E-state index contributed by atoms with van der Waals surface area (Å²) in [6.07, 6.45) is 7.25. The van der Waals surface area contributed by atoms with Gasteiger partial charge in [0.1, 0.15) is 23.5 Å². The first-order valence-corrected chi connectivity index (χ1v) is 12.2. The van der Waals surface area contributed by atoms with Gasteiger partial charge < -0.3 is 26.0 Å². The lowest BCUT2D eigenvalue weighted by molar-refractivity contribution is -0.127. The molecule has 1 aromatic carbocycles. The van der Waals surface area contributed by atoms with Gasteiger partial charge in [0.2, 0.25) is 5.91 Å². The van der Waals surface area contributed by atoms with E-state index in [2.05, 4.69) is 19.9 Å². The van der Waals surface area contributed by atoms with E-state index < -0.39 is 6.61 Å². The maximum Gasteiger partial charge on any atom is 0.387 e. The number of carbonyl (C=O) groups excluding carboxylic acids is 1. The molecule has 1 fully saturated rings. The van der Waals surface area contributed by atoms with Crippen molar-refractivity contribution in [3.8, 4) is 5.75 Å². The van der Waals surface area contributed by atoms with E-state index in [9.17, 15) is 13.6 Å². The molecule has 4 N–H and O–H groups in total. The number of halogens is 2. The van der Waals surface area contributed by atoms with Crippen LogP contribution in [-0.2, 0) is 11.2 Å². The Balaban J connectivity index is 1.75. The Morgan fingerprint density at radius 3 is 2.84 bits per heavy atom. The van der Waals surface area contributed by atoms with Crippen LogP contribution in [0.25, 0.3) is 11.0 Å². The molecule has 0 bridgehead atoms. The van der Waals surface area contributed by atoms with Gasteiger partial charge in [-0.05, 0) is 43.7 Å². The maximum atomic E-state index is 13.2. The zero-order valence-corrected chi connectivity index (χ0v) is 21.5. The van der Waals surface area contributed by atoms with E-state index in [1.807, 2.05) is 19.2 Å². The van der Waals surface area contributed by atoms with Crippen molar-refractivity contribution < 1.29 is 18.3 Å². The summed E-state index contributed by atoms with van der Waals surface area (Å²) in [5.41, 5.74) is 13.9. The Morgan fingerprint density at radius 1 is 1.34 bits per heavy atom. The first-order valence-electron chi connectivity index (χ1n) is 12.2. The molecule has 3 aromatic rings. The number of likely N-dealkylation sites (N-methyl/N-ethyl adjacent to an activating group) is 1. The number of amidine groups is 1. The van der Waals surface area contributed by atoms with E-state index >= 15 is 0 Å². The summed E-state index contributed by atoms with van der Waals surface area (Å²) in [6.45, 7) is 0.535. The van der Waals surface area contributed by atoms with Crippen molar-refractivity contribution in [2.75, 3.05) is 32.9 Å². The number of benzene rings is 1. The number of rotatable bonds is 8. The first kappa shape index (κ1) is 26.8. The van der Waals surface area contributed by atoms with Crippen LogP contribution in [0.4, 0.5) is 20.3 Å². The second kappa shape index (κ2) is 11.4. The zero-order valence-electron chi connectivity index (χ0n) is 21.5. The third-order valence-corrected chi connectivity index (χ3v) is 6.23. The van der Waals surface area contributed by atoms with E-state index in [1.54, 1.807) is 24.8 Å². The highest BCUT2D eigenvalue weighted by Gasteiger charge is 2.26. The summed E-state index contributed by atoms with van der Waals surface area (Å²) in [6, 6.07) is 4.44. The molecule has 0 unspecified atom stereocenters. The predicted octanol–water partition coefficient (Wildman–Crippen LogP) is 2.85. The fraction of sp³-hybridized carbons (Fsp3) is 0.400. The van der Waals surface area contributed by atoms with Crippen LogP contribution in [0.1, 0.15) is 37.1 Å². The number of nitrogens with zero attached hydrogens (tertiary/aromatic N) is 7. The summed E-state index contributed by atoms with van der Waals surface area (Å²) in [7, 11) is 3.23. The van der Waals surface area contributed by atoms with Crippen LogP contribution in [-0.4, -0.2) is 75.1 Å². The molecule has 13 heteroatoms. The van der Waals surface area contributed by atoms with Crippen molar-refractivity contribution in [1.82, 2.24) is 29.5 Å². The Labute approximate surface area is 218 Å². The topological polar surface area (TPSA) is 141 Å². The molecule has 0 spiro atoms. The lowest BCUT2D eigenvalue weighted by atomic mass is 10.1. The van der Waals surface area contributed by atoms with Crippen LogP contribution in [0.3, 0.4) is 0 Å². The number of carbonyl (C=O) groups is 1. The number of hydrogen-bond donors (Lipinski definition) is 2. The molecule has 1 aliphatic rings. The minimum Gasteiger partial charge on any atom is -0.433 e. The molecule has 0 saturated carbocycles. The van der Waals surface area contributed by atoms with Gasteiger partial charge in [-0.15, -0.1) is 0 Å². The number of hydrogen-bond acceptors (Lipinski definition) is 8. The second-order valence-electron chi connectivity index (χ2n) is 9.17. The van der Waals surface area contributed by atoms with Crippen molar-refractivity contribution in [3.63, 3.8) is 0 Å². The molecular weight excluding hydrogens is 496 g/mol. The molecule has 202 valence electrons. The van der Waals surface area contributed by atoms with Crippen LogP contribution in [0.2, 0.25) is 0 Å². The SMILES string of the molecule is CC=CN1CCC[C@@H](n2nc(C(N)=Nc3ccc(CC(=O)N(C)C)cc3OC(F)F)c3c(N)ncnc32)C1. The molecule has 3 heterocycles. The quantitative estimate of drug-likeness (QED) is 0.337. The monoisotopic (exact) mass is 527 g/mol. The minimum atomic E-state index is -3.10. The van der Waals surface area contributed by atoms with Gasteiger partial charge in [-0.1, -0.05) is 12.1 Å². The van der Waals surface area contributed by atoms with Crippen LogP contribution >= 0.6 is 0 Å². The number of alkyl halides is 2. The third-order valence-electron chi connectivity index (χ3n) is 6.23. The largest absolute Gasteiger partial charge is 0.433 e. The summed E-state index contributed by atoms with van der Waals surface area (Å²) in [5, 5.41) is 5.15. The lowest BCUT2D eigenvalue weighted by Crippen LogP contribution is -2.33. The molecule has 1 aliphatic heterocycles. The van der Waals surface area contributed by atoms with Crippen molar-refractivity contribution in [2.45, 2.75) is 38.8 Å². The molecule has 38 heavy (non-hydrogen) atoms. The zero-order chi connectivity index (χ0) is 27.4. The number of fused-ring (bicyclic) bond motifs is 1. The number of aliphatic imine (C=N–C) groups is 1. The van der Waals surface area contributed by atoms with Crippen LogP contribution in [0.15, 0.2) is 41.8 Å². The standard InChI is InChI=1S/C25H31F2N9O2/c1-4-9-35-10-5-6-16(13-35)36-24-20(22(28)30-14-31-24)21(33-36)23(29)32-17-8-7-15(12-19(37)34(2)3)11-18(17)38-25(26)27/h4,7-9,11,14,16,25H,5-6,10,12-13H2,1-3H3,(H2,29,32)(H2,28,30,31)/t16-/m1/s1. The molecule has 0 aliphatic carbocycles. The summed E-state index contributed by atoms with van der Waals surface area (Å²) in [5.74, 6) is -0.286. The molecule has 1 atom stereocenters. The van der Waals surface area contributed by atoms with Crippen molar-refractivity contribution in [2.24, 2.45) is 10.7 Å². The van der Waals surface area contributed by atoms with Gasteiger partial charge in [-0.3, -0.25) is 4.79 Å². The average Bonchev–Trinajstić information content (AvgIpc) is 3.27. The second-order valence-corrected chi connectivity index (χ2v) is 9.17. The molecular formula is C25H31F2N9O2. The van der Waals surface area contributed by atoms with Crippen molar-refractivity contribution in [1.29, 1.82) is 0 Å². The number of ether oxygens (including phenoxy) is 1. The van der Waals surface area contributed by atoms with Crippen LogP contribution in [0, 0.1) is 0 Å². The first-order chi connectivity index (χ1) is 18.2. The van der Waals surface area contributed by atoms with Crippen molar-refractivity contribution in [3.05, 3.63) is 48.1 Å². The Morgan fingerprint density at radius 2 is 2.13 bits per heavy atom. The number of allylic oxidation sites excluding steroid dienone is 1. The van der Waals surface area contributed by atoms with E-state index in [4.69, 9.17) is 21.3 Å². The third kappa shape index (κ3) is 5.82. The van der Waals surface area contributed by atoms with Gasteiger partial charge in [-0.25, -0.2) is 19.6 Å². The Kier molecular flexibility index (Phi) is 8.03. The highest BCUT2D eigenvalue weighted by Crippen LogP contribution is 2.33. The molecule has 1 saturated heterocycles. The molecule has 2 aromatic heterocycles. The number of likely N-dealkylation sites (tertiary alicyclic amines) is 1. The molecule has 11 nitrogen and oxygen atoms in total. The minimum absolute atomic E-state index is 0.00421. The van der Waals surface area contributed by atoms with E-state index in [1.165, 1.54) is 23.4 Å². The maximum absolute atomic E-state index is 13.2. The lowest BCUT2D eigenvalue weighted by Gasteiger charge is -2.32. The van der Waals surface area contributed by atoms with E-state index in [0.29, 0.717) is 16.6 Å². The van der Waals surface area contributed by atoms with Gasteiger partial charge in [0, 0.05) is 27.2 Å².